The van der Waals surface area contributed by atoms with Gasteiger partial charge in [0, 0.05) is 24.6 Å². The van der Waals surface area contributed by atoms with Crippen LogP contribution in [0.4, 0.5) is 0 Å². The second kappa shape index (κ2) is 8.23. The number of halogens is 1. The molecule has 1 aromatic heterocycles. The molecule has 0 aliphatic rings. The van der Waals surface area contributed by atoms with Crippen LogP contribution in [0.1, 0.15) is 18.7 Å². The van der Waals surface area contributed by atoms with Crippen molar-refractivity contribution in [1.29, 1.82) is 0 Å². The average molecular weight is 306 g/mol. The summed E-state index contributed by atoms with van der Waals surface area (Å²) in [4.78, 5) is 1.42. The summed E-state index contributed by atoms with van der Waals surface area (Å²) in [6.07, 6.45) is 1.10. The van der Waals surface area contributed by atoms with E-state index < -0.39 is 0 Å². The number of ether oxygens (including phenoxy) is 1. The Labute approximate surface area is 111 Å². The van der Waals surface area contributed by atoms with Gasteiger partial charge in [-0.15, -0.1) is 11.3 Å². The Morgan fingerprint density at radius 3 is 2.81 bits per heavy atom. The molecule has 0 aliphatic heterocycles. The fraction of sp³-hybridized carbons (Fsp3) is 0.667. The minimum Gasteiger partial charge on any atom is -0.380 e. The Hall–Kier alpha value is 0.1000. The molecule has 0 spiro atoms. The largest absolute Gasteiger partial charge is 0.380 e. The van der Waals surface area contributed by atoms with Crippen molar-refractivity contribution in [2.24, 2.45) is 5.92 Å². The summed E-state index contributed by atoms with van der Waals surface area (Å²) in [5.41, 5.74) is 0. The van der Waals surface area contributed by atoms with E-state index in [2.05, 4.69) is 47.2 Å². The maximum absolute atomic E-state index is 5.48. The van der Waals surface area contributed by atoms with Crippen molar-refractivity contribution < 1.29 is 4.74 Å². The summed E-state index contributed by atoms with van der Waals surface area (Å²) >= 11 is 5.27. The van der Waals surface area contributed by atoms with Crippen LogP contribution in [0.15, 0.2) is 15.9 Å². The van der Waals surface area contributed by atoms with Crippen LogP contribution in [0, 0.1) is 5.92 Å². The maximum atomic E-state index is 5.48. The highest BCUT2D eigenvalue weighted by atomic mass is 79.9. The zero-order valence-electron chi connectivity index (χ0n) is 9.96. The summed E-state index contributed by atoms with van der Waals surface area (Å²) < 4.78 is 6.69. The number of hydrogen-bond donors (Lipinski definition) is 1. The molecule has 1 rings (SSSR count). The first-order valence-electron chi connectivity index (χ1n) is 5.71. The zero-order chi connectivity index (χ0) is 11.8. The first-order valence-corrected chi connectivity index (χ1v) is 7.32. The molecule has 1 heterocycles. The van der Waals surface area contributed by atoms with E-state index in [1.54, 1.807) is 11.3 Å². The van der Waals surface area contributed by atoms with Crippen LogP contribution in [0.2, 0.25) is 0 Å². The number of nitrogens with one attached hydrogen (secondary N) is 1. The van der Waals surface area contributed by atoms with E-state index >= 15 is 0 Å². The average Bonchev–Trinajstić information content (AvgIpc) is 2.62. The lowest BCUT2D eigenvalue weighted by Crippen LogP contribution is -2.22. The molecule has 1 aromatic rings. The van der Waals surface area contributed by atoms with Crippen molar-refractivity contribution in [3.05, 3.63) is 20.8 Å². The van der Waals surface area contributed by atoms with Crippen molar-refractivity contribution in [2.45, 2.75) is 20.3 Å². The molecule has 0 amide bonds. The fourth-order valence-electron chi connectivity index (χ4n) is 1.29. The van der Waals surface area contributed by atoms with Gasteiger partial charge in [0.15, 0.2) is 0 Å². The van der Waals surface area contributed by atoms with Gasteiger partial charge in [0.1, 0.15) is 0 Å². The summed E-state index contributed by atoms with van der Waals surface area (Å²) in [5.74, 6) is 0.628. The summed E-state index contributed by atoms with van der Waals surface area (Å²) in [6, 6.07) is 4.28. The van der Waals surface area contributed by atoms with Crippen molar-refractivity contribution in [1.82, 2.24) is 5.32 Å². The monoisotopic (exact) mass is 305 g/mol. The third-order valence-electron chi connectivity index (χ3n) is 2.05. The van der Waals surface area contributed by atoms with Gasteiger partial charge in [-0.2, -0.15) is 0 Å². The van der Waals surface area contributed by atoms with E-state index in [0.29, 0.717) is 5.92 Å². The Morgan fingerprint density at radius 1 is 1.38 bits per heavy atom. The van der Waals surface area contributed by atoms with Gasteiger partial charge in [0.2, 0.25) is 0 Å². The molecule has 16 heavy (non-hydrogen) atoms. The van der Waals surface area contributed by atoms with Crippen LogP contribution >= 0.6 is 27.3 Å². The molecule has 0 saturated carbocycles. The van der Waals surface area contributed by atoms with Crippen LogP contribution in [-0.2, 0) is 11.2 Å². The highest BCUT2D eigenvalue weighted by molar-refractivity contribution is 9.11. The highest BCUT2D eigenvalue weighted by Gasteiger charge is 1.97. The van der Waals surface area contributed by atoms with Gasteiger partial charge in [-0.05, 0) is 40.4 Å². The predicted molar refractivity (Wildman–Crippen MR) is 74.2 cm³/mol. The van der Waals surface area contributed by atoms with Gasteiger partial charge < -0.3 is 10.1 Å². The van der Waals surface area contributed by atoms with Crippen molar-refractivity contribution >= 4 is 27.3 Å². The molecule has 4 heteroatoms. The summed E-state index contributed by atoms with van der Waals surface area (Å²) in [5, 5.41) is 3.38. The molecule has 0 bridgehead atoms. The molecular weight excluding hydrogens is 286 g/mol. The zero-order valence-corrected chi connectivity index (χ0v) is 12.4. The van der Waals surface area contributed by atoms with E-state index in [4.69, 9.17) is 4.74 Å². The first kappa shape index (κ1) is 14.2. The summed E-state index contributed by atoms with van der Waals surface area (Å²) in [7, 11) is 0. The normalized spacial score (nSPS) is 11.2. The lowest BCUT2D eigenvalue weighted by molar-refractivity contribution is 0.112. The molecule has 0 fully saturated rings. The van der Waals surface area contributed by atoms with E-state index in [9.17, 15) is 0 Å². The predicted octanol–water partition coefficient (Wildman–Crippen LogP) is 3.32. The first-order chi connectivity index (χ1) is 7.68. The molecule has 0 unspecified atom stereocenters. The molecule has 0 saturated heterocycles. The minimum atomic E-state index is 0.628. The third-order valence-corrected chi connectivity index (χ3v) is 3.73. The molecule has 0 atom stereocenters. The van der Waals surface area contributed by atoms with Crippen LogP contribution < -0.4 is 5.32 Å². The highest BCUT2D eigenvalue weighted by Crippen LogP contribution is 2.21. The molecule has 0 radical (unpaired) electrons. The van der Waals surface area contributed by atoms with Crippen LogP contribution in [0.25, 0.3) is 0 Å². The third kappa shape index (κ3) is 6.63. The van der Waals surface area contributed by atoms with Crippen LogP contribution in [-0.4, -0.2) is 26.3 Å². The van der Waals surface area contributed by atoms with Crippen LogP contribution in [0.3, 0.4) is 0 Å². The minimum absolute atomic E-state index is 0.628. The summed E-state index contributed by atoms with van der Waals surface area (Å²) in [6.45, 7) is 7.98. The van der Waals surface area contributed by atoms with Gasteiger partial charge >= 0.3 is 0 Å². The van der Waals surface area contributed by atoms with Crippen molar-refractivity contribution in [3.8, 4) is 0 Å². The molecule has 2 nitrogen and oxygen atoms in total. The van der Waals surface area contributed by atoms with Crippen molar-refractivity contribution in [3.63, 3.8) is 0 Å². The number of hydrogen-bond acceptors (Lipinski definition) is 3. The number of rotatable bonds is 8. The lowest BCUT2D eigenvalue weighted by Gasteiger charge is -2.07. The van der Waals surface area contributed by atoms with Gasteiger partial charge in [-0.25, -0.2) is 0 Å². The van der Waals surface area contributed by atoms with E-state index in [-0.39, 0.29) is 0 Å². The van der Waals surface area contributed by atoms with E-state index in [1.165, 1.54) is 8.66 Å². The standard InChI is InChI=1S/C12H20BrNOS/c1-10(2)9-15-8-7-14-6-5-11-3-4-12(13)16-11/h3-4,10,14H,5-9H2,1-2H3. The molecule has 92 valence electrons. The molecule has 1 N–H and O–H groups in total. The Bertz CT molecular complexity index is 288. The molecule has 0 aromatic carbocycles. The second-order valence-electron chi connectivity index (χ2n) is 4.17. The smallest absolute Gasteiger partial charge is 0.0701 e. The maximum Gasteiger partial charge on any atom is 0.0701 e. The van der Waals surface area contributed by atoms with E-state index in [0.717, 1.165) is 32.7 Å². The quantitative estimate of drug-likeness (QED) is 0.744. The fourth-order valence-corrected chi connectivity index (χ4v) is 2.77. The Kier molecular flexibility index (Phi) is 7.28. The SMILES string of the molecule is CC(C)COCCNCCc1ccc(Br)s1. The Morgan fingerprint density at radius 2 is 2.19 bits per heavy atom. The number of thiophene rings is 1. The topological polar surface area (TPSA) is 21.3 Å². The van der Waals surface area contributed by atoms with Crippen molar-refractivity contribution in [2.75, 3.05) is 26.3 Å². The second-order valence-corrected chi connectivity index (χ2v) is 6.72. The van der Waals surface area contributed by atoms with Crippen LogP contribution in [0.5, 0.6) is 0 Å². The van der Waals surface area contributed by atoms with Gasteiger partial charge in [-0.3, -0.25) is 0 Å². The Balaban J connectivity index is 1.92. The van der Waals surface area contributed by atoms with E-state index in [1.807, 2.05) is 0 Å². The van der Waals surface area contributed by atoms with Gasteiger partial charge in [0.05, 0.1) is 10.4 Å². The molecular formula is C12H20BrNOS. The van der Waals surface area contributed by atoms with Gasteiger partial charge in [0.25, 0.3) is 0 Å². The lowest BCUT2D eigenvalue weighted by atomic mass is 10.2. The van der Waals surface area contributed by atoms with Gasteiger partial charge in [-0.1, -0.05) is 13.8 Å². The molecule has 0 aliphatic carbocycles.